The van der Waals surface area contributed by atoms with Crippen LogP contribution >= 0.6 is 15.9 Å². The number of carbonyl (C=O) groups is 1. The molecule has 0 bridgehead atoms. The zero-order chi connectivity index (χ0) is 25.6. The highest BCUT2D eigenvalue weighted by Crippen LogP contribution is 2.34. The predicted octanol–water partition coefficient (Wildman–Crippen LogP) is 4.79. The predicted molar refractivity (Wildman–Crippen MR) is 145 cm³/mol. The number of aryl methyl sites for hydroxylation is 1. The summed E-state index contributed by atoms with van der Waals surface area (Å²) in [6.07, 6.45) is 4.16. The molecule has 186 valence electrons. The fourth-order valence-electron chi connectivity index (χ4n) is 4.68. The van der Waals surface area contributed by atoms with Crippen molar-refractivity contribution in [2.24, 2.45) is 0 Å². The molecule has 9 heteroatoms. The van der Waals surface area contributed by atoms with E-state index in [1.165, 1.54) is 3.97 Å². The Morgan fingerprint density at radius 2 is 1.81 bits per heavy atom. The molecule has 0 aliphatic carbocycles. The number of likely N-dealkylation sites (N-methyl/N-ethyl adjacent to an activating group) is 2. The number of nitrogens with zero attached hydrogens (tertiary/aromatic N) is 4. The highest BCUT2D eigenvalue weighted by atomic mass is 79.9. The molecule has 1 atom stereocenters. The van der Waals surface area contributed by atoms with Crippen molar-refractivity contribution in [3.05, 3.63) is 82.6 Å². The molecule has 3 heterocycles. The fraction of sp³-hybridized carbons (Fsp3) is 0.259. The topological polar surface area (TPSA) is 75.5 Å². The minimum absolute atomic E-state index is 0.0179. The molecule has 1 saturated heterocycles. The third-order valence-corrected chi connectivity index (χ3v) is 8.93. The van der Waals surface area contributed by atoms with Crippen molar-refractivity contribution in [2.75, 3.05) is 27.2 Å². The molecular weight excluding hydrogens is 540 g/mol. The van der Waals surface area contributed by atoms with Gasteiger partial charge >= 0.3 is 0 Å². The van der Waals surface area contributed by atoms with Gasteiger partial charge in [-0.1, -0.05) is 29.8 Å². The lowest BCUT2D eigenvalue weighted by molar-refractivity contribution is 0.0737. The van der Waals surface area contributed by atoms with Gasteiger partial charge in [0.2, 0.25) is 0 Å². The molecule has 0 N–H and O–H groups in total. The molecular formula is C27H27BrN4O3S. The van der Waals surface area contributed by atoms with Crippen molar-refractivity contribution in [3.8, 4) is 11.1 Å². The summed E-state index contributed by atoms with van der Waals surface area (Å²) in [6, 6.07) is 16.2. The summed E-state index contributed by atoms with van der Waals surface area (Å²) in [7, 11) is 0.0642. The fourth-order valence-corrected chi connectivity index (χ4v) is 6.34. The zero-order valence-electron chi connectivity index (χ0n) is 20.3. The van der Waals surface area contributed by atoms with Crippen molar-refractivity contribution in [2.45, 2.75) is 24.3 Å². The van der Waals surface area contributed by atoms with Crippen LogP contribution in [0.4, 0.5) is 0 Å². The molecule has 36 heavy (non-hydrogen) atoms. The molecule has 4 aromatic rings. The molecule has 0 spiro atoms. The van der Waals surface area contributed by atoms with Crippen LogP contribution in [-0.2, 0) is 10.0 Å². The number of hydrogen-bond acceptors (Lipinski definition) is 5. The minimum Gasteiger partial charge on any atom is -0.337 e. The number of fused-ring (bicyclic) bond motifs is 1. The van der Waals surface area contributed by atoms with Gasteiger partial charge in [0.1, 0.15) is 0 Å². The summed E-state index contributed by atoms with van der Waals surface area (Å²) in [6.45, 7) is 3.77. The van der Waals surface area contributed by atoms with Crippen LogP contribution in [0.1, 0.15) is 22.3 Å². The van der Waals surface area contributed by atoms with Crippen LogP contribution in [0.3, 0.4) is 0 Å². The van der Waals surface area contributed by atoms with E-state index in [4.69, 9.17) is 0 Å². The molecule has 7 nitrogen and oxygen atoms in total. The van der Waals surface area contributed by atoms with Gasteiger partial charge < -0.3 is 9.80 Å². The number of hydrogen-bond donors (Lipinski definition) is 0. The van der Waals surface area contributed by atoms with Crippen LogP contribution in [0, 0.1) is 6.92 Å². The first kappa shape index (κ1) is 24.7. The van der Waals surface area contributed by atoms with E-state index >= 15 is 0 Å². The second-order valence-corrected chi connectivity index (χ2v) is 12.1. The molecule has 1 aliphatic heterocycles. The van der Waals surface area contributed by atoms with Crippen LogP contribution in [-0.4, -0.2) is 66.3 Å². The SMILES string of the molecule is Cc1ccc(S(=O)(=O)n2cc(-c3ccc(C(=O)N(C)C4CCN(C)C4)cc3)c3cc(Br)cnc32)cc1. The Balaban J connectivity index is 1.53. The Labute approximate surface area is 219 Å². The summed E-state index contributed by atoms with van der Waals surface area (Å²) in [5, 5.41) is 0.699. The van der Waals surface area contributed by atoms with Crippen LogP contribution in [0.25, 0.3) is 22.2 Å². The Morgan fingerprint density at radius 3 is 2.44 bits per heavy atom. The molecule has 2 aromatic carbocycles. The second-order valence-electron chi connectivity index (χ2n) is 9.38. The Bertz CT molecular complexity index is 1550. The van der Waals surface area contributed by atoms with Crippen molar-refractivity contribution in [3.63, 3.8) is 0 Å². The number of benzene rings is 2. The lowest BCUT2D eigenvalue weighted by Gasteiger charge is -2.24. The van der Waals surface area contributed by atoms with Gasteiger partial charge in [0.15, 0.2) is 5.65 Å². The Hall–Kier alpha value is -3.01. The molecule has 1 unspecified atom stereocenters. The maximum absolute atomic E-state index is 13.5. The zero-order valence-corrected chi connectivity index (χ0v) is 22.8. The van der Waals surface area contributed by atoms with E-state index < -0.39 is 10.0 Å². The van der Waals surface area contributed by atoms with E-state index in [-0.39, 0.29) is 16.8 Å². The van der Waals surface area contributed by atoms with E-state index in [0.717, 1.165) is 40.7 Å². The van der Waals surface area contributed by atoms with E-state index in [1.807, 2.05) is 37.1 Å². The van der Waals surface area contributed by atoms with Crippen molar-refractivity contribution < 1.29 is 13.2 Å². The van der Waals surface area contributed by atoms with Crippen molar-refractivity contribution >= 4 is 42.9 Å². The van der Waals surface area contributed by atoms with Crippen molar-refractivity contribution in [1.29, 1.82) is 0 Å². The first-order valence-corrected chi connectivity index (χ1v) is 13.9. The number of rotatable bonds is 5. The molecule has 0 radical (unpaired) electrons. The number of likely N-dealkylation sites (tertiary alicyclic amines) is 1. The lowest BCUT2D eigenvalue weighted by Crippen LogP contribution is -2.38. The smallest absolute Gasteiger partial charge is 0.269 e. The van der Waals surface area contributed by atoms with Gasteiger partial charge in [-0.25, -0.2) is 17.4 Å². The lowest BCUT2D eigenvalue weighted by atomic mass is 10.0. The van der Waals surface area contributed by atoms with E-state index in [0.29, 0.717) is 16.6 Å². The first-order valence-electron chi connectivity index (χ1n) is 11.7. The monoisotopic (exact) mass is 566 g/mol. The molecule has 1 fully saturated rings. The molecule has 0 saturated carbocycles. The van der Waals surface area contributed by atoms with Gasteiger partial charge in [0, 0.05) is 53.0 Å². The largest absolute Gasteiger partial charge is 0.337 e. The molecule has 1 aliphatic rings. The second kappa shape index (κ2) is 9.46. The number of carbonyl (C=O) groups excluding carboxylic acids is 1. The standard InChI is InChI=1S/C27H27BrN4O3S/c1-18-4-10-23(11-5-18)36(34,35)32-17-25(24-14-21(28)15-29-26(24)32)19-6-8-20(9-7-19)27(33)31(3)22-12-13-30(2)16-22/h4-11,14-15,17,22H,12-13,16H2,1-3H3. The van der Waals surface area contributed by atoms with Crippen LogP contribution in [0.5, 0.6) is 0 Å². The summed E-state index contributed by atoms with van der Waals surface area (Å²) < 4.78 is 29.0. The summed E-state index contributed by atoms with van der Waals surface area (Å²) in [5.41, 5.74) is 3.45. The molecule has 5 rings (SSSR count). The minimum atomic E-state index is -3.86. The molecule has 1 amide bonds. The molecule has 2 aromatic heterocycles. The van der Waals surface area contributed by atoms with Gasteiger partial charge in [0.05, 0.1) is 4.90 Å². The van der Waals surface area contributed by atoms with E-state index in [1.54, 1.807) is 48.8 Å². The average Bonchev–Trinajstić information content (AvgIpc) is 3.47. The number of pyridine rings is 1. The summed E-state index contributed by atoms with van der Waals surface area (Å²) >= 11 is 3.46. The van der Waals surface area contributed by atoms with Gasteiger partial charge in [-0.05, 0) is 78.8 Å². The third-order valence-electron chi connectivity index (χ3n) is 6.83. The average molecular weight is 568 g/mol. The first-order chi connectivity index (χ1) is 17.1. The maximum atomic E-state index is 13.5. The van der Waals surface area contributed by atoms with Crippen LogP contribution in [0.2, 0.25) is 0 Å². The number of aromatic nitrogens is 2. The van der Waals surface area contributed by atoms with Crippen LogP contribution in [0.15, 0.2) is 76.4 Å². The van der Waals surface area contributed by atoms with Gasteiger partial charge in [0.25, 0.3) is 15.9 Å². The quantitative estimate of drug-likeness (QED) is 0.347. The normalized spacial score (nSPS) is 16.5. The number of amides is 1. The Kier molecular flexibility index (Phi) is 6.48. The number of halogens is 1. The van der Waals surface area contributed by atoms with E-state index in [9.17, 15) is 13.2 Å². The summed E-state index contributed by atoms with van der Waals surface area (Å²) in [5.74, 6) is -0.0179. The highest BCUT2D eigenvalue weighted by molar-refractivity contribution is 9.10. The van der Waals surface area contributed by atoms with Crippen molar-refractivity contribution in [1.82, 2.24) is 18.8 Å². The maximum Gasteiger partial charge on any atom is 0.269 e. The third kappa shape index (κ3) is 4.47. The Morgan fingerprint density at radius 1 is 1.11 bits per heavy atom. The highest BCUT2D eigenvalue weighted by Gasteiger charge is 2.27. The van der Waals surface area contributed by atoms with E-state index in [2.05, 4.69) is 32.9 Å². The van der Waals surface area contributed by atoms with Gasteiger partial charge in [-0.2, -0.15) is 0 Å². The van der Waals surface area contributed by atoms with Crippen LogP contribution < -0.4 is 0 Å². The van der Waals surface area contributed by atoms with Gasteiger partial charge in [-0.3, -0.25) is 4.79 Å². The summed E-state index contributed by atoms with van der Waals surface area (Å²) in [4.78, 5) is 21.7. The van der Waals surface area contributed by atoms with Gasteiger partial charge in [-0.15, -0.1) is 0 Å².